The molecule has 110 valence electrons. The number of carbonyl (C=O) groups excluding carboxylic acids is 1. The monoisotopic (exact) mass is 276 g/mol. The number of unbranched alkanes of at least 4 members (excludes halogenated alkanes) is 3. The third-order valence-electron chi connectivity index (χ3n) is 1.99. The van der Waals surface area contributed by atoms with E-state index in [1.54, 1.807) is 0 Å². The SMILES string of the molecule is O=C(O)CCCCC(=O)O.O=CCCCCC(=O)O. The fraction of sp³-hybridized carbons (Fsp3) is 0.667. The zero-order valence-electron chi connectivity index (χ0n) is 10.7. The first kappa shape index (κ1) is 19.4. The zero-order valence-corrected chi connectivity index (χ0v) is 10.7. The maximum atomic E-state index is 9.90. The summed E-state index contributed by atoms with van der Waals surface area (Å²) in [5, 5.41) is 24.4. The normalized spacial score (nSPS) is 9.05. The van der Waals surface area contributed by atoms with Crippen LogP contribution in [0.2, 0.25) is 0 Å². The first-order valence-corrected chi connectivity index (χ1v) is 5.99. The standard InChI is InChI=1S/C6H10O4.C6H10O3/c7-5(8)3-1-2-4-6(9)10;7-5-3-1-2-4-6(8)9/h1-4H2,(H,7,8)(H,9,10);5H,1-4H2,(H,8,9). The van der Waals surface area contributed by atoms with E-state index in [1.807, 2.05) is 0 Å². The molecule has 0 rings (SSSR count). The summed E-state index contributed by atoms with van der Waals surface area (Å²) in [5.41, 5.74) is 0. The number of carboxylic acid groups (broad SMARTS) is 3. The van der Waals surface area contributed by atoms with Crippen molar-refractivity contribution in [2.45, 2.75) is 51.4 Å². The van der Waals surface area contributed by atoms with Crippen LogP contribution in [0.15, 0.2) is 0 Å². The second-order valence-electron chi connectivity index (χ2n) is 3.80. The van der Waals surface area contributed by atoms with Crippen LogP contribution in [0.4, 0.5) is 0 Å². The average Bonchev–Trinajstić information content (AvgIpc) is 2.30. The molecule has 0 aromatic rings. The first-order chi connectivity index (χ1) is 8.90. The number of hydrogen-bond donors (Lipinski definition) is 3. The fourth-order valence-corrected chi connectivity index (χ4v) is 1.06. The maximum Gasteiger partial charge on any atom is 0.303 e. The molecule has 0 saturated carbocycles. The van der Waals surface area contributed by atoms with Crippen molar-refractivity contribution in [2.75, 3.05) is 0 Å². The summed E-state index contributed by atoms with van der Waals surface area (Å²) in [4.78, 5) is 39.4. The Morgan fingerprint density at radius 2 is 1.00 bits per heavy atom. The second-order valence-corrected chi connectivity index (χ2v) is 3.80. The van der Waals surface area contributed by atoms with Crippen molar-refractivity contribution in [3.8, 4) is 0 Å². The highest BCUT2D eigenvalue weighted by molar-refractivity contribution is 5.68. The number of carboxylic acids is 3. The number of hydrogen-bond acceptors (Lipinski definition) is 4. The van der Waals surface area contributed by atoms with Crippen molar-refractivity contribution in [3.63, 3.8) is 0 Å². The second kappa shape index (κ2) is 14.1. The highest BCUT2D eigenvalue weighted by atomic mass is 16.4. The predicted molar refractivity (Wildman–Crippen MR) is 65.9 cm³/mol. The van der Waals surface area contributed by atoms with Gasteiger partial charge in [-0.2, -0.15) is 0 Å². The van der Waals surface area contributed by atoms with E-state index in [0.717, 1.165) is 6.29 Å². The zero-order chi connectivity index (χ0) is 15.1. The van der Waals surface area contributed by atoms with Crippen LogP contribution in [-0.2, 0) is 19.2 Å². The molecule has 0 aromatic carbocycles. The third kappa shape index (κ3) is 26.0. The summed E-state index contributed by atoms with van der Waals surface area (Å²) in [6.45, 7) is 0. The van der Waals surface area contributed by atoms with Crippen LogP contribution in [0, 0.1) is 0 Å². The fourth-order valence-electron chi connectivity index (χ4n) is 1.06. The van der Waals surface area contributed by atoms with Gasteiger partial charge in [-0.25, -0.2) is 0 Å². The Hall–Kier alpha value is -1.92. The molecule has 0 amide bonds. The van der Waals surface area contributed by atoms with Crippen molar-refractivity contribution >= 4 is 24.2 Å². The molecule has 7 nitrogen and oxygen atoms in total. The molecule has 0 heterocycles. The lowest BCUT2D eigenvalue weighted by Crippen LogP contribution is -1.97. The van der Waals surface area contributed by atoms with Crippen LogP contribution in [0.5, 0.6) is 0 Å². The minimum atomic E-state index is -0.870. The Kier molecular flexibility index (Phi) is 14.5. The van der Waals surface area contributed by atoms with E-state index in [1.165, 1.54) is 0 Å². The van der Waals surface area contributed by atoms with Gasteiger partial charge in [-0.05, 0) is 25.7 Å². The van der Waals surface area contributed by atoms with E-state index in [2.05, 4.69) is 0 Å². The summed E-state index contributed by atoms with van der Waals surface area (Å²) >= 11 is 0. The van der Waals surface area contributed by atoms with E-state index in [0.29, 0.717) is 32.1 Å². The van der Waals surface area contributed by atoms with Crippen LogP contribution < -0.4 is 0 Å². The van der Waals surface area contributed by atoms with E-state index in [4.69, 9.17) is 15.3 Å². The summed E-state index contributed by atoms with van der Waals surface area (Å²) in [7, 11) is 0. The van der Waals surface area contributed by atoms with Gasteiger partial charge in [-0.1, -0.05) is 0 Å². The van der Waals surface area contributed by atoms with Gasteiger partial charge in [0, 0.05) is 25.7 Å². The average molecular weight is 276 g/mol. The molecule has 0 fully saturated rings. The minimum absolute atomic E-state index is 0.0628. The topological polar surface area (TPSA) is 129 Å². The Balaban J connectivity index is 0. The summed E-state index contributed by atoms with van der Waals surface area (Å²) in [6.07, 6.45) is 3.77. The molecule has 0 spiro atoms. The molecule has 0 aliphatic heterocycles. The van der Waals surface area contributed by atoms with Crippen molar-refractivity contribution in [1.82, 2.24) is 0 Å². The first-order valence-electron chi connectivity index (χ1n) is 5.99. The Morgan fingerprint density at radius 1 is 0.684 bits per heavy atom. The highest BCUT2D eigenvalue weighted by Crippen LogP contribution is 1.98. The highest BCUT2D eigenvalue weighted by Gasteiger charge is 1.99. The van der Waals surface area contributed by atoms with Crippen LogP contribution in [0.3, 0.4) is 0 Å². The lowest BCUT2D eigenvalue weighted by molar-refractivity contribution is -0.139. The van der Waals surface area contributed by atoms with E-state index in [-0.39, 0.29) is 19.3 Å². The van der Waals surface area contributed by atoms with Gasteiger partial charge < -0.3 is 20.1 Å². The Morgan fingerprint density at radius 3 is 1.26 bits per heavy atom. The number of carbonyl (C=O) groups is 4. The van der Waals surface area contributed by atoms with Crippen LogP contribution >= 0.6 is 0 Å². The van der Waals surface area contributed by atoms with Gasteiger partial charge in [0.05, 0.1) is 0 Å². The molecule has 19 heavy (non-hydrogen) atoms. The quantitative estimate of drug-likeness (QED) is 0.407. The number of aldehydes is 1. The van der Waals surface area contributed by atoms with Gasteiger partial charge >= 0.3 is 17.9 Å². The van der Waals surface area contributed by atoms with Crippen molar-refractivity contribution < 1.29 is 34.5 Å². The largest absolute Gasteiger partial charge is 0.481 e. The van der Waals surface area contributed by atoms with E-state index in [9.17, 15) is 19.2 Å². The van der Waals surface area contributed by atoms with Gasteiger partial charge in [-0.15, -0.1) is 0 Å². The molecule has 0 aliphatic carbocycles. The lowest BCUT2D eigenvalue weighted by Gasteiger charge is -1.92. The van der Waals surface area contributed by atoms with Gasteiger partial charge in [0.25, 0.3) is 0 Å². The molecule has 0 aliphatic rings. The van der Waals surface area contributed by atoms with Crippen LogP contribution in [-0.4, -0.2) is 39.5 Å². The lowest BCUT2D eigenvalue weighted by atomic mass is 10.2. The van der Waals surface area contributed by atoms with E-state index < -0.39 is 17.9 Å². The molecule has 0 bridgehead atoms. The molecule has 0 saturated heterocycles. The van der Waals surface area contributed by atoms with E-state index >= 15 is 0 Å². The molecule has 3 N–H and O–H groups in total. The molecule has 0 aromatic heterocycles. The van der Waals surface area contributed by atoms with Gasteiger partial charge in [0.15, 0.2) is 0 Å². The molecular formula is C12H20O7. The van der Waals surface area contributed by atoms with Crippen LogP contribution in [0.25, 0.3) is 0 Å². The maximum absolute atomic E-state index is 9.90. The predicted octanol–water partition coefficient (Wildman–Crippen LogP) is 1.55. The summed E-state index contributed by atoms with van der Waals surface area (Å²) < 4.78 is 0. The third-order valence-corrected chi connectivity index (χ3v) is 1.99. The van der Waals surface area contributed by atoms with Crippen molar-refractivity contribution in [3.05, 3.63) is 0 Å². The number of rotatable bonds is 10. The summed E-state index contributed by atoms with van der Waals surface area (Å²) in [5.74, 6) is -2.53. The molecular weight excluding hydrogens is 256 g/mol. The van der Waals surface area contributed by atoms with Crippen LogP contribution in [0.1, 0.15) is 51.4 Å². The number of aliphatic carboxylic acids is 3. The Labute approximate surface area is 111 Å². The van der Waals surface area contributed by atoms with Gasteiger partial charge in [-0.3, -0.25) is 14.4 Å². The Bertz CT molecular complexity index is 270. The van der Waals surface area contributed by atoms with Gasteiger partial charge in [0.2, 0.25) is 0 Å². The minimum Gasteiger partial charge on any atom is -0.481 e. The van der Waals surface area contributed by atoms with Crippen molar-refractivity contribution in [1.29, 1.82) is 0 Å². The van der Waals surface area contributed by atoms with Crippen molar-refractivity contribution in [2.24, 2.45) is 0 Å². The molecule has 0 unspecified atom stereocenters. The molecule has 0 atom stereocenters. The molecule has 0 radical (unpaired) electrons. The van der Waals surface area contributed by atoms with Gasteiger partial charge in [0.1, 0.15) is 6.29 Å². The molecule has 7 heteroatoms. The smallest absolute Gasteiger partial charge is 0.303 e. The summed E-state index contributed by atoms with van der Waals surface area (Å²) in [6, 6.07) is 0.